The van der Waals surface area contributed by atoms with Gasteiger partial charge in [0.1, 0.15) is 45.3 Å². The minimum atomic E-state index is -6.02. The summed E-state index contributed by atoms with van der Waals surface area (Å²) in [5.74, 6) is 0. The zero-order chi connectivity index (χ0) is 35.3. The van der Waals surface area contributed by atoms with Crippen molar-refractivity contribution in [2.45, 2.75) is 36.6 Å². The molecule has 1 fully saturated rings. The number of rotatable bonds is 12. The van der Waals surface area contributed by atoms with Crippen molar-refractivity contribution in [3.8, 4) is 0 Å². The molecular weight excluding hydrogens is 822 g/mol. The van der Waals surface area contributed by atoms with Crippen LogP contribution in [0.5, 0.6) is 0 Å². The van der Waals surface area contributed by atoms with Gasteiger partial charge in [0.2, 0.25) is 0 Å². The van der Waals surface area contributed by atoms with E-state index in [4.69, 9.17) is 70.2 Å². The average molecular weight is 844 g/mol. The number of thiocarbonyl (C=S) groups is 2. The highest BCUT2D eigenvalue weighted by Crippen LogP contribution is 2.57. The van der Waals surface area contributed by atoms with Gasteiger partial charge in [0.05, 0.1) is 0 Å². The van der Waals surface area contributed by atoms with Gasteiger partial charge in [-0.25, -0.2) is 27.4 Å². The predicted molar refractivity (Wildman–Crippen MR) is 150 cm³/mol. The smallest absolute Gasteiger partial charge is 0.384 e. The maximum atomic E-state index is 11.4. The van der Waals surface area contributed by atoms with Crippen LogP contribution in [0.4, 0.5) is 0 Å². The van der Waals surface area contributed by atoms with E-state index in [-0.39, 0.29) is 0 Å². The minimum absolute atomic E-state index is 0.350. The Balaban J connectivity index is 0.00000202. The molecule has 1 saturated carbocycles. The van der Waals surface area contributed by atoms with Crippen LogP contribution in [0.25, 0.3) is 0 Å². The Labute approximate surface area is 262 Å². The summed E-state index contributed by atoms with van der Waals surface area (Å²) >= 11 is 9.04. The Bertz CT molecular complexity index is 1050. The van der Waals surface area contributed by atoms with E-state index in [2.05, 4.69) is 51.6 Å². The summed E-state index contributed by atoms with van der Waals surface area (Å²) in [5, 5.41) is 0. The molecule has 0 aromatic carbocycles. The molecule has 1 aliphatic carbocycles. The van der Waals surface area contributed by atoms with Gasteiger partial charge in [-0.15, -0.1) is 0 Å². The molecule has 1 rings (SSSR count). The molecule has 0 aromatic heterocycles. The van der Waals surface area contributed by atoms with E-state index in [9.17, 15) is 27.4 Å². The summed E-state index contributed by atoms with van der Waals surface area (Å²) in [6, 6.07) is 0. The van der Waals surface area contributed by atoms with Gasteiger partial charge in [-0.2, -0.15) is 0 Å². The Kier molecular flexibility index (Phi) is 17.6. The number of hydrogen-bond donors (Lipinski definition) is 14. The largest absolute Gasteiger partial charge is 0.470 e. The molecule has 0 radical (unpaired) electrons. The molecule has 1 aliphatic rings. The molecule has 262 valence electrons. The van der Waals surface area contributed by atoms with Crippen molar-refractivity contribution < 1.29 is 113 Å². The maximum Gasteiger partial charge on any atom is 0.470 e. The van der Waals surface area contributed by atoms with E-state index < -0.39 is 83.6 Å². The molecule has 0 atom stereocenters. The Morgan fingerprint density at radius 1 is 0.409 bits per heavy atom. The number of hydrogen-bond acceptors (Lipinski definition) is 16. The molecule has 0 aromatic rings. The first-order valence-corrected chi connectivity index (χ1v) is 21.7. The van der Waals surface area contributed by atoms with Crippen LogP contribution in [0.15, 0.2) is 0 Å². The van der Waals surface area contributed by atoms with Gasteiger partial charge in [-0.3, -0.25) is 27.1 Å². The SMILES string of the molecule is NC(=S)SSC(N)=S.O=P(O)(O)O[C@H]1[C@H](OP(=O)(O)O)[C@@H](OP(=O)(O)O)[C@H](OP(=O)(O)O)[C@@H](OP(=O)(O)O)[C@H]1OP(=O)(O)O. The second-order valence-corrected chi connectivity index (χ2v) is 17.9. The minimum Gasteiger partial charge on any atom is -0.384 e. The van der Waals surface area contributed by atoms with E-state index in [1.165, 1.54) is 21.6 Å². The lowest BCUT2D eigenvalue weighted by Gasteiger charge is -2.48. The third-order valence-corrected chi connectivity index (χ3v) is 9.68. The van der Waals surface area contributed by atoms with E-state index in [0.29, 0.717) is 8.64 Å². The summed E-state index contributed by atoms with van der Waals surface area (Å²) in [6.07, 6.45) is -18.9. The lowest BCUT2D eigenvalue weighted by molar-refractivity contribution is -0.202. The molecule has 0 unspecified atom stereocenters. The summed E-state index contributed by atoms with van der Waals surface area (Å²) in [4.78, 5) is 110. The van der Waals surface area contributed by atoms with E-state index in [1.54, 1.807) is 0 Å². The van der Waals surface area contributed by atoms with Crippen molar-refractivity contribution >= 4 is 102 Å². The number of phosphoric ester groups is 6. The van der Waals surface area contributed by atoms with Crippen LogP contribution in [0.3, 0.4) is 0 Å². The van der Waals surface area contributed by atoms with E-state index in [1.807, 2.05) is 0 Å². The molecule has 0 saturated heterocycles. The van der Waals surface area contributed by atoms with Gasteiger partial charge >= 0.3 is 46.9 Å². The molecular formula is C8H22N2O24P6S4. The Hall–Kier alpha value is 1.14. The van der Waals surface area contributed by atoms with Crippen molar-refractivity contribution in [2.75, 3.05) is 0 Å². The first-order valence-electron chi connectivity index (χ1n) is 9.57. The lowest BCUT2D eigenvalue weighted by atomic mass is 9.85. The topological polar surface area (TPSA) is 453 Å². The molecule has 0 bridgehead atoms. The average Bonchev–Trinajstić information content (AvgIpc) is 2.69. The zero-order valence-corrected chi connectivity index (χ0v) is 28.8. The quantitative estimate of drug-likeness (QED) is 0.0559. The normalized spacial score (nSPS) is 25.5. The second kappa shape index (κ2) is 17.2. The molecule has 44 heavy (non-hydrogen) atoms. The highest BCUT2D eigenvalue weighted by atomic mass is 33.1. The molecule has 0 aliphatic heterocycles. The number of nitrogens with two attached hydrogens (primary N) is 2. The predicted octanol–water partition coefficient (Wildman–Crippen LogP) is -2.28. The van der Waals surface area contributed by atoms with Gasteiger partial charge in [0.15, 0.2) is 0 Å². The van der Waals surface area contributed by atoms with E-state index >= 15 is 0 Å². The first-order chi connectivity index (χ1) is 19.2. The number of phosphoric acid groups is 6. The van der Waals surface area contributed by atoms with Crippen LogP contribution < -0.4 is 11.5 Å². The highest BCUT2D eigenvalue weighted by molar-refractivity contribution is 8.89. The molecule has 0 spiro atoms. The first kappa shape index (κ1) is 45.1. The fraction of sp³-hybridized carbons (Fsp3) is 0.750. The van der Waals surface area contributed by atoms with Gasteiger partial charge in [0, 0.05) is 0 Å². The Morgan fingerprint density at radius 2 is 0.523 bits per heavy atom. The molecule has 36 heteroatoms. The molecule has 16 N–H and O–H groups in total. The van der Waals surface area contributed by atoms with Crippen molar-refractivity contribution in [1.82, 2.24) is 0 Å². The molecule has 0 amide bonds. The van der Waals surface area contributed by atoms with Crippen molar-refractivity contribution in [1.29, 1.82) is 0 Å². The van der Waals surface area contributed by atoms with Crippen LogP contribution in [0, 0.1) is 0 Å². The molecule has 0 heterocycles. The standard InChI is InChI=1S/C6H18O24P6.C2H4N2S4/c7-31(8,9)25-1-2(26-32(10,11)12)4(28-34(16,17)18)6(30-36(22,23)24)5(29-35(19,20)21)3(1)27-33(13,14)15;3-1(5)7-8-2(4)6/h1-6H,(H2,7,8,9)(H2,10,11,12)(H2,13,14,15)(H2,16,17,18)(H2,19,20,21)(H2,22,23,24);(H2,3,5)(H2,4,6)/t1-,2-,3-,4+,5-,6-;. The third kappa shape index (κ3) is 21.2. The highest BCUT2D eigenvalue weighted by Gasteiger charge is 2.62. The third-order valence-electron chi connectivity index (χ3n) is 3.70. The van der Waals surface area contributed by atoms with Crippen LogP contribution >= 0.6 is 93.0 Å². The fourth-order valence-electron chi connectivity index (χ4n) is 2.87. The summed E-state index contributed by atoms with van der Waals surface area (Å²) in [6.45, 7) is 0. The molecule has 26 nitrogen and oxygen atoms in total. The summed E-state index contributed by atoms with van der Waals surface area (Å²) < 4.78 is 93.8. The van der Waals surface area contributed by atoms with Crippen LogP contribution in [-0.2, 0) is 54.5 Å². The maximum absolute atomic E-state index is 11.4. The van der Waals surface area contributed by atoms with Gasteiger partial charge < -0.3 is 70.2 Å². The van der Waals surface area contributed by atoms with Crippen molar-refractivity contribution in [3.05, 3.63) is 0 Å². The van der Waals surface area contributed by atoms with E-state index in [0.717, 1.165) is 0 Å². The fourth-order valence-corrected chi connectivity index (χ4v) is 7.49. The zero-order valence-electron chi connectivity index (χ0n) is 20.2. The van der Waals surface area contributed by atoms with Gasteiger partial charge in [0.25, 0.3) is 0 Å². The summed E-state index contributed by atoms with van der Waals surface area (Å²) in [5.41, 5.74) is 10.2. The second-order valence-electron chi connectivity index (χ2n) is 7.17. The van der Waals surface area contributed by atoms with Gasteiger partial charge in [-0.05, 0) is 21.6 Å². The van der Waals surface area contributed by atoms with Crippen LogP contribution in [-0.4, -0.2) is 104 Å². The van der Waals surface area contributed by atoms with Crippen LogP contribution in [0.1, 0.15) is 0 Å². The van der Waals surface area contributed by atoms with Crippen molar-refractivity contribution in [2.24, 2.45) is 11.5 Å². The van der Waals surface area contributed by atoms with Crippen molar-refractivity contribution in [3.63, 3.8) is 0 Å². The lowest BCUT2D eigenvalue weighted by Crippen LogP contribution is -2.66. The van der Waals surface area contributed by atoms with Crippen LogP contribution in [0.2, 0.25) is 0 Å². The Morgan fingerprint density at radius 3 is 0.591 bits per heavy atom. The summed E-state index contributed by atoms with van der Waals surface area (Å²) in [7, 11) is -33.7. The monoisotopic (exact) mass is 844 g/mol. The van der Waals surface area contributed by atoms with Gasteiger partial charge in [-0.1, -0.05) is 24.4 Å².